The first-order valence-electron chi connectivity index (χ1n) is 14.5. The van der Waals surface area contributed by atoms with Crippen molar-refractivity contribution >= 4 is 41.3 Å². The molecule has 1 unspecified atom stereocenters. The summed E-state index contributed by atoms with van der Waals surface area (Å²) in [6, 6.07) is -1.04. The Morgan fingerprint density at radius 1 is 1.24 bits per heavy atom. The molecule has 2 amide bonds. The maximum atomic E-state index is 13.1. The molecule has 0 radical (unpaired) electrons. The quantitative estimate of drug-likeness (QED) is 0.145. The molecule has 0 aliphatic carbocycles. The number of carboxylic acid groups (broad SMARTS) is 1. The van der Waals surface area contributed by atoms with E-state index >= 15 is 0 Å². The molecule has 2 aliphatic heterocycles. The Balaban J connectivity index is 2.13. The molecule has 236 valence electrons. The second-order valence-electron chi connectivity index (χ2n) is 11.4. The van der Waals surface area contributed by atoms with Crippen LogP contribution < -0.4 is 11.1 Å². The van der Waals surface area contributed by atoms with Crippen molar-refractivity contribution in [3.63, 3.8) is 0 Å². The minimum absolute atomic E-state index is 0.0162. The van der Waals surface area contributed by atoms with Crippen LogP contribution in [-0.2, 0) is 33.4 Å². The van der Waals surface area contributed by atoms with Crippen LogP contribution in [0.2, 0.25) is 0 Å². The number of rotatable bonds is 12. The Hall–Kier alpha value is -2.54. The molecular weight excluding hydrogens is 564 g/mol. The maximum Gasteiger partial charge on any atom is 0.321 e. The molecule has 1 fully saturated rings. The molecule has 0 aromatic heterocycles. The van der Waals surface area contributed by atoms with Gasteiger partial charge in [-0.3, -0.25) is 29.3 Å². The number of aliphatic hydroxyl groups is 1. The lowest BCUT2D eigenvalue weighted by Crippen LogP contribution is -2.41. The third kappa shape index (κ3) is 11.6. The Bertz CT molecular complexity index is 1010. The second-order valence-corrected chi connectivity index (χ2v) is 12.7. The number of cyclic esters (lactones) is 1. The fourth-order valence-corrected chi connectivity index (χ4v) is 6.48. The van der Waals surface area contributed by atoms with Crippen molar-refractivity contribution in [2.45, 2.75) is 102 Å². The number of amides is 2. The van der Waals surface area contributed by atoms with E-state index in [1.54, 1.807) is 32.9 Å². The molecule has 12 heteroatoms. The number of hydrogen-bond acceptors (Lipinski definition) is 10. The Labute approximate surface area is 252 Å². The lowest BCUT2D eigenvalue weighted by Gasteiger charge is -2.32. The molecule has 2 aliphatic rings. The zero-order valence-corrected chi connectivity index (χ0v) is 25.8. The summed E-state index contributed by atoms with van der Waals surface area (Å²) in [4.78, 5) is 60.4. The number of methoxy groups -OCH3 is 1. The highest BCUT2D eigenvalue weighted by Crippen LogP contribution is 2.29. The van der Waals surface area contributed by atoms with Gasteiger partial charge in [0.05, 0.1) is 12.5 Å². The molecule has 0 aromatic rings. The van der Waals surface area contributed by atoms with Crippen molar-refractivity contribution in [1.29, 1.82) is 0 Å². The predicted octanol–water partition coefficient (Wildman–Crippen LogP) is 2.54. The van der Waals surface area contributed by atoms with Crippen molar-refractivity contribution in [1.82, 2.24) is 5.32 Å². The van der Waals surface area contributed by atoms with E-state index in [4.69, 9.17) is 20.3 Å². The van der Waals surface area contributed by atoms with Crippen molar-refractivity contribution in [2.24, 2.45) is 23.5 Å². The van der Waals surface area contributed by atoms with E-state index in [-0.39, 0.29) is 60.2 Å². The Kier molecular flexibility index (Phi) is 14.9. The zero-order valence-electron chi connectivity index (χ0n) is 25.0. The molecule has 7 atom stereocenters. The number of hydrogen-bond donors (Lipinski definition) is 4. The molecule has 1 saturated heterocycles. The SMILES string of the molecule is CO[C@H]1/C=C/CCC(SC[C@H](N)C(=O)O)CC(=O)O[C@@H](/C(C)=C/[C@H](C)C(=O)CCCC2CC(=O)NC(=O)C2)[C@@H](C)[C@@H]1O. The number of Topliss-reactive ketones (excluding diaryl/α,β-unsaturated/α-hetero) is 1. The van der Waals surface area contributed by atoms with Gasteiger partial charge in [-0.1, -0.05) is 32.1 Å². The predicted molar refractivity (Wildman–Crippen MR) is 158 cm³/mol. The van der Waals surface area contributed by atoms with E-state index in [1.807, 2.05) is 6.08 Å². The summed E-state index contributed by atoms with van der Waals surface area (Å²) in [7, 11) is 1.49. The minimum atomic E-state index is -1.11. The minimum Gasteiger partial charge on any atom is -0.480 e. The monoisotopic (exact) mass is 610 g/mol. The largest absolute Gasteiger partial charge is 0.480 e. The van der Waals surface area contributed by atoms with Crippen LogP contribution in [0.25, 0.3) is 0 Å². The standard InChI is InChI=1S/C30H46N2O9S/c1-17(23(33)10-7-8-20-13-25(34)32-26(35)14-20)12-18(2)29-19(3)28(37)24(40-4)11-6-5-9-21(15-27(36)41-29)42-16-22(31)30(38)39/h6,11-12,17,19-22,24,28-29,37H,5,7-10,13-16,31H2,1-4H3,(H,38,39)(H,32,34,35)/b11-6+,18-12+/t17-,19-,21?,22-,24-,28-,29-/m0/s1. The summed E-state index contributed by atoms with van der Waals surface area (Å²) in [6.45, 7) is 5.29. The molecule has 0 bridgehead atoms. The van der Waals surface area contributed by atoms with Gasteiger partial charge in [0, 0.05) is 49.2 Å². The summed E-state index contributed by atoms with van der Waals surface area (Å²) < 4.78 is 11.4. The number of carbonyl (C=O) groups excluding carboxylic acids is 4. The number of ether oxygens (including phenoxy) is 2. The Morgan fingerprint density at radius 3 is 2.52 bits per heavy atom. The molecule has 2 rings (SSSR count). The van der Waals surface area contributed by atoms with Crippen LogP contribution in [0.5, 0.6) is 0 Å². The van der Waals surface area contributed by atoms with Gasteiger partial charge in [-0.05, 0) is 44.1 Å². The van der Waals surface area contributed by atoms with Gasteiger partial charge in [0.25, 0.3) is 0 Å². The second kappa shape index (κ2) is 17.5. The number of allylic oxidation sites excluding steroid dienone is 2. The van der Waals surface area contributed by atoms with Crippen LogP contribution in [0.1, 0.15) is 72.1 Å². The number of nitrogens with two attached hydrogens (primary N) is 1. The number of ketones is 1. The first kappa shape index (κ1) is 35.7. The topological polar surface area (TPSA) is 182 Å². The van der Waals surface area contributed by atoms with Crippen LogP contribution in [0.3, 0.4) is 0 Å². The van der Waals surface area contributed by atoms with E-state index in [1.165, 1.54) is 18.9 Å². The zero-order chi connectivity index (χ0) is 31.4. The van der Waals surface area contributed by atoms with Gasteiger partial charge in [0.1, 0.15) is 24.0 Å². The van der Waals surface area contributed by atoms with Gasteiger partial charge >= 0.3 is 11.9 Å². The third-order valence-corrected chi connectivity index (χ3v) is 9.24. The first-order chi connectivity index (χ1) is 19.8. The van der Waals surface area contributed by atoms with E-state index in [9.17, 15) is 29.1 Å². The maximum absolute atomic E-state index is 13.1. The summed E-state index contributed by atoms with van der Waals surface area (Å²) in [6.07, 6.45) is 6.18. The van der Waals surface area contributed by atoms with Gasteiger partial charge in [0.15, 0.2) is 0 Å². The Morgan fingerprint density at radius 2 is 1.90 bits per heavy atom. The van der Waals surface area contributed by atoms with Gasteiger partial charge < -0.3 is 25.4 Å². The van der Waals surface area contributed by atoms with Crippen LogP contribution in [0.4, 0.5) is 0 Å². The number of piperidine rings is 1. The lowest BCUT2D eigenvalue weighted by molar-refractivity contribution is -0.153. The summed E-state index contributed by atoms with van der Waals surface area (Å²) in [5.41, 5.74) is 6.29. The molecule has 2 heterocycles. The first-order valence-corrected chi connectivity index (χ1v) is 15.6. The van der Waals surface area contributed by atoms with Crippen molar-refractivity contribution in [2.75, 3.05) is 12.9 Å². The fourth-order valence-electron chi connectivity index (χ4n) is 5.30. The van der Waals surface area contributed by atoms with E-state index < -0.39 is 48.1 Å². The van der Waals surface area contributed by atoms with Crippen LogP contribution in [-0.4, -0.2) is 82.2 Å². The number of imide groups is 1. The van der Waals surface area contributed by atoms with Crippen molar-refractivity contribution in [3.8, 4) is 0 Å². The smallest absolute Gasteiger partial charge is 0.321 e. The normalized spacial score (nSPS) is 29.0. The number of nitrogens with one attached hydrogen (secondary N) is 1. The number of thioether (sulfide) groups is 1. The average Bonchev–Trinajstić information content (AvgIpc) is 2.92. The van der Waals surface area contributed by atoms with Crippen molar-refractivity contribution in [3.05, 3.63) is 23.8 Å². The number of carboxylic acids is 1. The summed E-state index contributed by atoms with van der Waals surface area (Å²) >= 11 is 1.32. The van der Waals surface area contributed by atoms with Crippen LogP contribution >= 0.6 is 11.8 Å². The van der Waals surface area contributed by atoms with Crippen molar-refractivity contribution < 1.29 is 43.7 Å². The van der Waals surface area contributed by atoms with E-state index in [0.29, 0.717) is 31.3 Å². The highest BCUT2D eigenvalue weighted by Gasteiger charge is 2.34. The molecule has 5 N–H and O–H groups in total. The molecule has 0 spiro atoms. The summed E-state index contributed by atoms with van der Waals surface area (Å²) in [5.74, 6) is -3.13. The number of esters is 1. The molecule has 42 heavy (non-hydrogen) atoms. The molecule has 0 aromatic carbocycles. The highest BCUT2D eigenvalue weighted by atomic mass is 32.2. The molecule has 11 nitrogen and oxygen atoms in total. The number of carbonyl (C=O) groups is 5. The fraction of sp³-hybridized carbons (Fsp3) is 0.700. The average molecular weight is 611 g/mol. The number of aliphatic hydroxyl groups excluding tert-OH is 1. The van der Waals surface area contributed by atoms with Gasteiger partial charge in [-0.15, -0.1) is 0 Å². The van der Waals surface area contributed by atoms with Gasteiger partial charge in [0.2, 0.25) is 11.8 Å². The highest BCUT2D eigenvalue weighted by molar-refractivity contribution is 8.00. The van der Waals surface area contributed by atoms with E-state index in [2.05, 4.69) is 5.32 Å². The molecule has 0 saturated carbocycles. The molecular formula is C30H46N2O9S. The van der Waals surface area contributed by atoms with Crippen LogP contribution in [0.15, 0.2) is 23.8 Å². The van der Waals surface area contributed by atoms with Gasteiger partial charge in [-0.2, -0.15) is 11.8 Å². The van der Waals surface area contributed by atoms with Gasteiger partial charge in [-0.25, -0.2) is 0 Å². The summed E-state index contributed by atoms with van der Waals surface area (Å²) in [5, 5.41) is 22.3. The number of aliphatic carboxylic acids is 1. The lowest BCUT2D eigenvalue weighted by atomic mass is 9.87. The van der Waals surface area contributed by atoms with Crippen LogP contribution in [0, 0.1) is 17.8 Å². The third-order valence-electron chi connectivity index (χ3n) is 7.82. The van der Waals surface area contributed by atoms with E-state index in [0.717, 1.165) is 0 Å².